The summed E-state index contributed by atoms with van der Waals surface area (Å²) in [7, 11) is 0. The maximum absolute atomic E-state index is 5.91. The molecule has 5 heteroatoms. The Bertz CT molecular complexity index is 457. The van der Waals surface area contributed by atoms with Gasteiger partial charge in [0.25, 0.3) is 0 Å². The maximum Gasteiger partial charge on any atom is 0.163 e. The Balaban J connectivity index is 1.40. The highest BCUT2D eigenvalue weighted by atomic mass is 79.9. The van der Waals surface area contributed by atoms with E-state index in [9.17, 15) is 0 Å². The molecule has 0 bridgehead atoms. The van der Waals surface area contributed by atoms with Crippen molar-refractivity contribution in [3.63, 3.8) is 0 Å². The van der Waals surface area contributed by atoms with Crippen molar-refractivity contribution in [3.8, 4) is 5.75 Å². The minimum atomic E-state index is -0.428. The molecule has 2 aliphatic heterocycles. The predicted molar refractivity (Wildman–Crippen MR) is 79.9 cm³/mol. The smallest absolute Gasteiger partial charge is 0.163 e. The van der Waals surface area contributed by atoms with Crippen molar-refractivity contribution in [2.24, 2.45) is 0 Å². The number of hydrogen-bond donors (Lipinski definition) is 0. The number of ether oxygens (including phenoxy) is 3. The molecule has 2 fully saturated rings. The summed E-state index contributed by atoms with van der Waals surface area (Å²) < 4.78 is 18.4. The molecule has 0 saturated carbocycles. The molecule has 0 spiro atoms. The fourth-order valence-corrected chi connectivity index (χ4v) is 2.86. The van der Waals surface area contributed by atoms with E-state index in [2.05, 4.69) is 20.8 Å². The van der Waals surface area contributed by atoms with Crippen molar-refractivity contribution in [2.75, 3.05) is 26.2 Å². The van der Waals surface area contributed by atoms with E-state index < -0.39 is 5.79 Å². The van der Waals surface area contributed by atoms with E-state index in [4.69, 9.17) is 14.2 Å². The topological polar surface area (TPSA) is 30.9 Å². The van der Waals surface area contributed by atoms with Crippen molar-refractivity contribution < 1.29 is 14.2 Å². The molecule has 0 unspecified atom stereocenters. The SMILES string of the molecule is CC1(C)OC[C@@H](CN2CC(Oc3ccc(Br)cc3)C2)O1. The fourth-order valence-electron chi connectivity index (χ4n) is 2.59. The van der Waals surface area contributed by atoms with Gasteiger partial charge in [0.05, 0.1) is 12.7 Å². The van der Waals surface area contributed by atoms with Crippen LogP contribution in [0.4, 0.5) is 0 Å². The first-order chi connectivity index (χ1) is 9.50. The van der Waals surface area contributed by atoms with Crippen LogP contribution in [-0.4, -0.2) is 49.1 Å². The minimum Gasteiger partial charge on any atom is -0.488 e. The molecule has 0 radical (unpaired) electrons. The summed E-state index contributed by atoms with van der Waals surface area (Å²) in [6, 6.07) is 7.97. The molecule has 3 rings (SSSR count). The number of likely N-dealkylation sites (tertiary alicyclic amines) is 1. The number of nitrogens with zero attached hydrogens (tertiary/aromatic N) is 1. The third-order valence-corrected chi connectivity index (χ3v) is 4.10. The Morgan fingerprint density at radius 3 is 2.60 bits per heavy atom. The molecule has 2 heterocycles. The molecule has 0 aliphatic carbocycles. The Hall–Kier alpha value is -0.620. The monoisotopic (exact) mass is 341 g/mol. The Kier molecular flexibility index (Phi) is 4.04. The van der Waals surface area contributed by atoms with Gasteiger partial charge in [0.1, 0.15) is 11.9 Å². The highest BCUT2D eigenvalue weighted by molar-refractivity contribution is 9.10. The standard InChI is InChI=1S/C15H20BrNO3/c1-15(2)18-10-14(20-15)9-17-7-13(8-17)19-12-5-3-11(16)4-6-12/h3-6,13-14H,7-10H2,1-2H3/t14-/m1/s1. The largest absolute Gasteiger partial charge is 0.488 e. The summed E-state index contributed by atoms with van der Waals surface area (Å²) in [6.45, 7) is 7.43. The fraction of sp³-hybridized carbons (Fsp3) is 0.600. The van der Waals surface area contributed by atoms with Gasteiger partial charge in [0.2, 0.25) is 0 Å². The van der Waals surface area contributed by atoms with Crippen LogP contribution in [0.3, 0.4) is 0 Å². The molecule has 2 aliphatic rings. The lowest BCUT2D eigenvalue weighted by molar-refractivity contribution is -0.143. The summed E-state index contributed by atoms with van der Waals surface area (Å²) in [4.78, 5) is 2.35. The zero-order valence-electron chi connectivity index (χ0n) is 11.8. The van der Waals surface area contributed by atoms with Crippen LogP contribution in [0.5, 0.6) is 5.75 Å². The zero-order chi connectivity index (χ0) is 14.2. The van der Waals surface area contributed by atoms with Gasteiger partial charge in [-0.15, -0.1) is 0 Å². The van der Waals surface area contributed by atoms with Crippen molar-refractivity contribution in [2.45, 2.75) is 31.8 Å². The van der Waals surface area contributed by atoms with Gasteiger partial charge in [-0.05, 0) is 38.1 Å². The lowest BCUT2D eigenvalue weighted by Gasteiger charge is -2.40. The Labute approximate surface area is 128 Å². The van der Waals surface area contributed by atoms with E-state index in [1.165, 1.54) is 0 Å². The second-order valence-electron chi connectivity index (χ2n) is 5.86. The third kappa shape index (κ3) is 3.52. The first kappa shape index (κ1) is 14.3. The second kappa shape index (κ2) is 5.64. The highest BCUT2D eigenvalue weighted by Gasteiger charge is 2.37. The molecule has 1 atom stereocenters. The molecule has 2 saturated heterocycles. The van der Waals surface area contributed by atoms with E-state index in [1.807, 2.05) is 38.1 Å². The van der Waals surface area contributed by atoms with Gasteiger partial charge in [-0.25, -0.2) is 0 Å². The van der Waals surface area contributed by atoms with E-state index in [0.29, 0.717) is 6.61 Å². The molecule has 110 valence electrons. The summed E-state index contributed by atoms with van der Waals surface area (Å²) >= 11 is 3.42. The van der Waals surface area contributed by atoms with Gasteiger partial charge >= 0.3 is 0 Å². The molecule has 0 amide bonds. The van der Waals surface area contributed by atoms with E-state index in [0.717, 1.165) is 29.9 Å². The van der Waals surface area contributed by atoms with Gasteiger partial charge in [0.15, 0.2) is 5.79 Å². The van der Waals surface area contributed by atoms with Crippen molar-refractivity contribution in [1.29, 1.82) is 0 Å². The van der Waals surface area contributed by atoms with Crippen LogP contribution in [-0.2, 0) is 9.47 Å². The van der Waals surface area contributed by atoms with Crippen LogP contribution in [0.15, 0.2) is 28.7 Å². The van der Waals surface area contributed by atoms with Crippen molar-refractivity contribution >= 4 is 15.9 Å². The predicted octanol–water partition coefficient (Wildman–Crippen LogP) is 2.66. The summed E-state index contributed by atoms with van der Waals surface area (Å²) in [5.74, 6) is 0.502. The van der Waals surface area contributed by atoms with Gasteiger partial charge in [-0.1, -0.05) is 15.9 Å². The van der Waals surface area contributed by atoms with Crippen LogP contribution >= 0.6 is 15.9 Å². The average molecular weight is 342 g/mol. The number of benzene rings is 1. The third-order valence-electron chi connectivity index (χ3n) is 3.57. The molecular formula is C15H20BrNO3. The summed E-state index contributed by atoms with van der Waals surface area (Å²) in [6.07, 6.45) is 0.463. The maximum atomic E-state index is 5.91. The zero-order valence-corrected chi connectivity index (χ0v) is 13.4. The van der Waals surface area contributed by atoms with Crippen LogP contribution in [0, 0.1) is 0 Å². The minimum absolute atomic E-state index is 0.179. The number of hydrogen-bond acceptors (Lipinski definition) is 4. The Morgan fingerprint density at radius 2 is 2.00 bits per heavy atom. The van der Waals surface area contributed by atoms with E-state index in [-0.39, 0.29) is 12.2 Å². The average Bonchev–Trinajstić information content (AvgIpc) is 2.69. The molecule has 0 N–H and O–H groups in total. The lowest BCUT2D eigenvalue weighted by atomic mass is 10.1. The molecule has 0 aromatic heterocycles. The first-order valence-electron chi connectivity index (χ1n) is 6.96. The summed E-state index contributed by atoms with van der Waals surface area (Å²) in [5.41, 5.74) is 0. The van der Waals surface area contributed by atoms with Crippen LogP contribution in [0.1, 0.15) is 13.8 Å². The quantitative estimate of drug-likeness (QED) is 0.842. The van der Waals surface area contributed by atoms with Gasteiger partial charge in [-0.2, -0.15) is 0 Å². The molecule has 4 nitrogen and oxygen atoms in total. The molecule has 1 aromatic carbocycles. The van der Waals surface area contributed by atoms with E-state index in [1.54, 1.807) is 0 Å². The first-order valence-corrected chi connectivity index (χ1v) is 7.76. The molecule has 1 aromatic rings. The van der Waals surface area contributed by atoms with Gasteiger partial charge in [-0.3, -0.25) is 4.90 Å². The number of rotatable bonds is 4. The second-order valence-corrected chi connectivity index (χ2v) is 6.78. The molecule has 20 heavy (non-hydrogen) atoms. The number of halogens is 1. The van der Waals surface area contributed by atoms with Gasteiger partial charge < -0.3 is 14.2 Å². The van der Waals surface area contributed by atoms with Crippen molar-refractivity contribution in [3.05, 3.63) is 28.7 Å². The Morgan fingerprint density at radius 1 is 1.30 bits per heavy atom. The van der Waals surface area contributed by atoms with E-state index >= 15 is 0 Å². The summed E-state index contributed by atoms with van der Waals surface area (Å²) in [5, 5.41) is 0. The van der Waals surface area contributed by atoms with Crippen LogP contribution in [0.2, 0.25) is 0 Å². The van der Waals surface area contributed by atoms with Crippen LogP contribution < -0.4 is 4.74 Å². The normalized spacial score (nSPS) is 26.4. The molecular weight excluding hydrogens is 322 g/mol. The highest BCUT2D eigenvalue weighted by Crippen LogP contribution is 2.25. The van der Waals surface area contributed by atoms with Gasteiger partial charge in [0, 0.05) is 24.1 Å². The lowest BCUT2D eigenvalue weighted by Crippen LogP contribution is -2.56. The van der Waals surface area contributed by atoms with Crippen LogP contribution in [0.25, 0.3) is 0 Å². The van der Waals surface area contributed by atoms with Crippen molar-refractivity contribution in [1.82, 2.24) is 4.90 Å².